The SMILES string of the molecule is CCOC(=O)CCC(NC(=S)NNS(=O)(=O)c1ccccc1)C(=O)OCC. The Hall–Kier alpha value is -2.24. The molecule has 1 rings (SSSR count). The van der Waals surface area contributed by atoms with Crippen molar-refractivity contribution >= 4 is 39.3 Å². The standard InChI is InChI=1S/C16H23N3O6S2/c1-3-24-14(20)11-10-13(15(21)25-4-2)17-16(26)18-19-27(22,23)12-8-6-5-7-9-12/h5-9,13,19H,3-4,10-11H2,1-2H3,(H2,17,18,26). The summed E-state index contributed by atoms with van der Waals surface area (Å²) in [7, 11) is -3.83. The molecule has 3 N–H and O–H groups in total. The number of esters is 2. The number of hydrazine groups is 1. The maximum atomic E-state index is 12.1. The topological polar surface area (TPSA) is 123 Å². The van der Waals surface area contributed by atoms with E-state index in [0.717, 1.165) is 0 Å². The Bertz CT molecular complexity index is 740. The van der Waals surface area contributed by atoms with Crippen LogP contribution >= 0.6 is 12.2 Å². The highest BCUT2D eigenvalue weighted by Crippen LogP contribution is 2.06. The van der Waals surface area contributed by atoms with Crippen LogP contribution < -0.4 is 15.6 Å². The predicted molar refractivity (Wildman–Crippen MR) is 102 cm³/mol. The monoisotopic (exact) mass is 417 g/mol. The molecule has 1 aromatic carbocycles. The van der Waals surface area contributed by atoms with Crippen molar-refractivity contribution < 1.29 is 27.5 Å². The second-order valence-electron chi connectivity index (χ2n) is 5.17. The molecule has 11 heteroatoms. The lowest BCUT2D eigenvalue weighted by Gasteiger charge is -2.19. The fraction of sp³-hybridized carbons (Fsp3) is 0.438. The molecular weight excluding hydrogens is 394 g/mol. The first-order valence-corrected chi connectivity index (χ1v) is 10.1. The molecule has 0 fully saturated rings. The van der Waals surface area contributed by atoms with Crippen LogP contribution in [0.4, 0.5) is 0 Å². The van der Waals surface area contributed by atoms with Crippen LogP contribution in [-0.2, 0) is 29.1 Å². The van der Waals surface area contributed by atoms with Crippen molar-refractivity contribution in [1.82, 2.24) is 15.6 Å². The second kappa shape index (κ2) is 11.5. The van der Waals surface area contributed by atoms with E-state index in [1.165, 1.54) is 12.1 Å². The zero-order valence-corrected chi connectivity index (χ0v) is 16.7. The normalized spacial score (nSPS) is 11.9. The minimum Gasteiger partial charge on any atom is -0.466 e. The lowest BCUT2D eigenvalue weighted by atomic mass is 10.1. The molecule has 27 heavy (non-hydrogen) atoms. The first-order valence-electron chi connectivity index (χ1n) is 8.25. The van der Waals surface area contributed by atoms with E-state index in [9.17, 15) is 18.0 Å². The number of benzene rings is 1. The van der Waals surface area contributed by atoms with Gasteiger partial charge in [0.1, 0.15) is 6.04 Å². The molecule has 1 unspecified atom stereocenters. The van der Waals surface area contributed by atoms with E-state index < -0.39 is 28.0 Å². The van der Waals surface area contributed by atoms with E-state index in [2.05, 4.69) is 15.6 Å². The molecule has 0 bridgehead atoms. The summed E-state index contributed by atoms with van der Waals surface area (Å²) in [6, 6.07) is 6.75. The number of ether oxygens (including phenoxy) is 2. The second-order valence-corrected chi connectivity index (χ2v) is 7.26. The van der Waals surface area contributed by atoms with Crippen molar-refractivity contribution in [2.75, 3.05) is 13.2 Å². The van der Waals surface area contributed by atoms with Crippen LogP contribution in [0.3, 0.4) is 0 Å². The number of hydrogen-bond donors (Lipinski definition) is 3. The Morgan fingerprint density at radius 2 is 1.74 bits per heavy atom. The number of thiocarbonyl (C=S) groups is 1. The average Bonchev–Trinajstić information content (AvgIpc) is 2.64. The molecule has 150 valence electrons. The number of carbonyl (C=O) groups excluding carboxylic acids is 2. The summed E-state index contributed by atoms with van der Waals surface area (Å²) in [5.41, 5.74) is 2.32. The quantitative estimate of drug-likeness (QED) is 0.285. The Balaban J connectivity index is 2.64. The molecule has 0 radical (unpaired) electrons. The van der Waals surface area contributed by atoms with Crippen molar-refractivity contribution in [2.24, 2.45) is 0 Å². The zero-order valence-electron chi connectivity index (χ0n) is 15.1. The van der Waals surface area contributed by atoms with Gasteiger partial charge < -0.3 is 14.8 Å². The molecule has 0 aromatic heterocycles. The van der Waals surface area contributed by atoms with Crippen LogP contribution in [0, 0.1) is 0 Å². The van der Waals surface area contributed by atoms with Crippen molar-refractivity contribution in [2.45, 2.75) is 37.6 Å². The van der Waals surface area contributed by atoms with Gasteiger partial charge in [0.25, 0.3) is 10.0 Å². The summed E-state index contributed by atoms with van der Waals surface area (Å²) in [5, 5.41) is 2.49. The fourth-order valence-electron chi connectivity index (χ4n) is 1.95. The van der Waals surface area contributed by atoms with Gasteiger partial charge in [-0.25, -0.2) is 13.2 Å². The average molecular weight is 418 g/mol. The van der Waals surface area contributed by atoms with Crippen molar-refractivity contribution in [3.63, 3.8) is 0 Å². The molecule has 0 aliphatic carbocycles. The van der Waals surface area contributed by atoms with Crippen LogP contribution in [0.15, 0.2) is 35.2 Å². The van der Waals surface area contributed by atoms with Gasteiger partial charge >= 0.3 is 11.9 Å². The van der Waals surface area contributed by atoms with Crippen LogP contribution in [-0.4, -0.2) is 44.7 Å². The van der Waals surface area contributed by atoms with Gasteiger partial charge in [0.15, 0.2) is 5.11 Å². The molecule has 0 saturated carbocycles. The summed E-state index contributed by atoms with van der Waals surface area (Å²) in [5.74, 6) is -1.07. The van der Waals surface area contributed by atoms with E-state index in [4.69, 9.17) is 21.7 Å². The van der Waals surface area contributed by atoms with E-state index >= 15 is 0 Å². The number of hydrogen-bond acceptors (Lipinski definition) is 7. The third kappa shape index (κ3) is 8.33. The Morgan fingerprint density at radius 1 is 1.11 bits per heavy atom. The number of sulfonamides is 1. The number of carbonyl (C=O) groups is 2. The number of rotatable bonds is 10. The van der Waals surface area contributed by atoms with Crippen molar-refractivity contribution in [1.29, 1.82) is 0 Å². The van der Waals surface area contributed by atoms with Crippen LogP contribution in [0.25, 0.3) is 0 Å². The first-order chi connectivity index (χ1) is 12.8. The van der Waals surface area contributed by atoms with Gasteiger partial charge in [-0.1, -0.05) is 18.2 Å². The van der Waals surface area contributed by atoms with E-state index in [1.54, 1.807) is 32.0 Å². The van der Waals surface area contributed by atoms with Crippen LogP contribution in [0.1, 0.15) is 26.7 Å². The largest absolute Gasteiger partial charge is 0.466 e. The summed E-state index contributed by atoms with van der Waals surface area (Å²) in [4.78, 5) is 25.7. The van der Waals surface area contributed by atoms with Gasteiger partial charge in [-0.3, -0.25) is 10.2 Å². The molecule has 0 heterocycles. The highest BCUT2D eigenvalue weighted by atomic mass is 32.2. The number of nitrogens with one attached hydrogen (secondary N) is 3. The molecule has 0 saturated heterocycles. The minimum atomic E-state index is -3.83. The molecule has 1 aromatic rings. The van der Waals surface area contributed by atoms with Gasteiger partial charge in [0, 0.05) is 6.42 Å². The van der Waals surface area contributed by atoms with Crippen LogP contribution in [0.2, 0.25) is 0 Å². The van der Waals surface area contributed by atoms with E-state index in [1.807, 2.05) is 0 Å². The lowest BCUT2D eigenvalue weighted by Crippen LogP contribution is -2.52. The highest BCUT2D eigenvalue weighted by molar-refractivity contribution is 7.89. The smallest absolute Gasteiger partial charge is 0.328 e. The third-order valence-electron chi connectivity index (χ3n) is 3.17. The molecule has 0 amide bonds. The highest BCUT2D eigenvalue weighted by Gasteiger charge is 2.23. The molecule has 0 aliphatic heterocycles. The molecule has 0 aliphatic rings. The van der Waals surface area contributed by atoms with Crippen molar-refractivity contribution in [3.8, 4) is 0 Å². The summed E-state index contributed by atoms with van der Waals surface area (Å²) < 4.78 is 34.0. The maximum Gasteiger partial charge on any atom is 0.328 e. The Labute approximate surface area is 163 Å². The maximum absolute atomic E-state index is 12.1. The molecular formula is C16H23N3O6S2. The Kier molecular flexibility index (Phi) is 9.68. The van der Waals surface area contributed by atoms with E-state index in [-0.39, 0.29) is 36.1 Å². The first kappa shape index (κ1) is 22.8. The van der Waals surface area contributed by atoms with Gasteiger partial charge in [-0.05, 0) is 44.6 Å². The molecule has 1 atom stereocenters. The molecule has 9 nitrogen and oxygen atoms in total. The predicted octanol–water partition coefficient (Wildman–Crippen LogP) is 0.619. The van der Waals surface area contributed by atoms with E-state index in [0.29, 0.717) is 0 Å². The summed E-state index contributed by atoms with van der Waals surface area (Å²) in [6.45, 7) is 3.70. The molecule has 0 spiro atoms. The third-order valence-corrected chi connectivity index (χ3v) is 4.65. The van der Waals surface area contributed by atoms with Crippen LogP contribution in [0.5, 0.6) is 0 Å². The van der Waals surface area contributed by atoms with Gasteiger partial charge in [0.05, 0.1) is 18.1 Å². The minimum absolute atomic E-state index is 0.0251. The van der Waals surface area contributed by atoms with Gasteiger partial charge in [-0.2, -0.15) is 0 Å². The Morgan fingerprint density at radius 3 is 2.33 bits per heavy atom. The van der Waals surface area contributed by atoms with Crippen molar-refractivity contribution in [3.05, 3.63) is 30.3 Å². The summed E-state index contributed by atoms with van der Waals surface area (Å²) >= 11 is 5.01. The lowest BCUT2D eigenvalue weighted by molar-refractivity contribution is -0.146. The van der Waals surface area contributed by atoms with Gasteiger partial charge in [0.2, 0.25) is 0 Å². The fourth-order valence-corrected chi connectivity index (χ4v) is 3.08. The van der Waals surface area contributed by atoms with Gasteiger partial charge in [-0.15, -0.1) is 4.83 Å². The summed E-state index contributed by atoms with van der Waals surface area (Å²) in [6.07, 6.45) is 0.0492. The zero-order chi connectivity index (χ0) is 20.3.